The van der Waals surface area contributed by atoms with Crippen LogP contribution in [0.3, 0.4) is 0 Å². The average Bonchev–Trinajstić information content (AvgIpc) is 2.82. The van der Waals surface area contributed by atoms with E-state index in [1.54, 1.807) is 14.2 Å². The van der Waals surface area contributed by atoms with Crippen LogP contribution in [0.15, 0.2) is 72.8 Å². The molecular formula is C26H20N2O2. The number of benzene rings is 3. The summed E-state index contributed by atoms with van der Waals surface area (Å²) in [7, 11) is 3.23. The van der Waals surface area contributed by atoms with Crippen LogP contribution in [0.25, 0.3) is 23.3 Å². The van der Waals surface area contributed by atoms with Crippen molar-refractivity contribution in [3.63, 3.8) is 0 Å². The molecule has 0 aliphatic carbocycles. The van der Waals surface area contributed by atoms with Gasteiger partial charge in [0.15, 0.2) is 0 Å². The Hall–Kier alpha value is -4.28. The molecule has 30 heavy (non-hydrogen) atoms. The third kappa shape index (κ3) is 4.95. The first-order valence-corrected chi connectivity index (χ1v) is 9.29. The van der Waals surface area contributed by atoms with E-state index < -0.39 is 0 Å². The molecule has 0 aliphatic heterocycles. The fraction of sp³-hybridized carbons (Fsp3) is 0.0769. The highest BCUT2D eigenvalue weighted by atomic mass is 16.5. The molecule has 4 heteroatoms. The molecule has 0 N–H and O–H groups in total. The molecular weight excluding hydrogens is 372 g/mol. The average molecular weight is 392 g/mol. The minimum Gasteiger partial charge on any atom is -0.497 e. The molecule has 0 amide bonds. The highest BCUT2D eigenvalue weighted by molar-refractivity contribution is 5.92. The van der Waals surface area contributed by atoms with Gasteiger partial charge in [-0.05, 0) is 58.7 Å². The Morgan fingerprint density at radius 1 is 0.600 bits per heavy atom. The maximum absolute atomic E-state index is 9.59. The monoisotopic (exact) mass is 392 g/mol. The van der Waals surface area contributed by atoms with Gasteiger partial charge in [0, 0.05) is 0 Å². The molecule has 3 aromatic rings. The zero-order valence-corrected chi connectivity index (χ0v) is 16.8. The summed E-state index contributed by atoms with van der Waals surface area (Å²) in [6.07, 6.45) is 3.65. The first-order chi connectivity index (χ1) is 14.7. The van der Waals surface area contributed by atoms with Gasteiger partial charge in [-0.2, -0.15) is 10.5 Å². The lowest BCUT2D eigenvalue weighted by Crippen LogP contribution is -1.87. The van der Waals surface area contributed by atoms with Crippen molar-refractivity contribution in [1.82, 2.24) is 0 Å². The summed E-state index contributed by atoms with van der Waals surface area (Å²) in [5, 5.41) is 19.2. The van der Waals surface area contributed by atoms with Crippen molar-refractivity contribution in [2.45, 2.75) is 0 Å². The summed E-state index contributed by atoms with van der Waals surface area (Å²) in [6.45, 7) is 0. The lowest BCUT2D eigenvalue weighted by molar-refractivity contribution is 0.414. The number of hydrogen-bond acceptors (Lipinski definition) is 4. The maximum atomic E-state index is 9.59. The minimum atomic E-state index is 0.546. The summed E-state index contributed by atoms with van der Waals surface area (Å²) in [5.41, 5.74) is 4.49. The Kier molecular flexibility index (Phi) is 6.66. The molecule has 0 saturated heterocycles. The highest BCUT2D eigenvalue weighted by Crippen LogP contribution is 2.24. The highest BCUT2D eigenvalue weighted by Gasteiger charge is 2.05. The molecule has 3 rings (SSSR count). The summed E-state index contributed by atoms with van der Waals surface area (Å²) in [4.78, 5) is 0. The molecule has 0 heterocycles. The lowest BCUT2D eigenvalue weighted by atomic mass is 9.99. The molecule has 4 nitrogen and oxygen atoms in total. The van der Waals surface area contributed by atoms with E-state index in [-0.39, 0.29) is 0 Å². The molecule has 0 saturated carbocycles. The van der Waals surface area contributed by atoms with Crippen molar-refractivity contribution in [3.05, 3.63) is 95.1 Å². The predicted octanol–water partition coefficient (Wildman–Crippen LogP) is 5.83. The van der Waals surface area contributed by atoms with Crippen molar-refractivity contribution >= 4 is 23.3 Å². The third-order valence-electron chi connectivity index (χ3n) is 4.60. The van der Waals surface area contributed by atoms with Crippen molar-refractivity contribution in [3.8, 4) is 23.6 Å². The fourth-order valence-corrected chi connectivity index (χ4v) is 2.92. The number of methoxy groups -OCH3 is 2. The topological polar surface area (TPSA) is 66.0 Å². The Labute approximate surface area is 176 Å². The second-order valence-electron chi connectivity index (χ2n) is 6.46. The predicted molar refractivity (Wildman–Crippen MR) is 119 cm³/mol. The summed E-state index contributed by atoms with van der Waals surface area (Å²) >= 11 is 0. The Morgan fingerprint density at radius 2 is 0.933 bits per heavy atom. The smallest absolute Gasteiger partial charge is 0.118 e. The van der Waals surface area contributed by atoms with Crippen molar-refractivity contribution < 1.29 is 9.47 Å². The van der Waals surface area contributed by atoms with Crippen LogP contribution in [-0.4, -0.2) is 14.2 Å². The van der Waals surface area contributed by atoms with Crippen molar-refractivity contribution in [2.75, 3.05) is 14.2 Å². The van der Waals surface area contributed by atoms with Crippen molar-refractivity contribution in [2.24, 2.45) is 0 Å². The third-order valence-corrected chi connectivity index (χ3v) is 4.60. The van der Waals surface area contributed by atoms with Gasteiger partial charge in [0.1, 0.15) is 11.5 Å². The molecule has 0 spiro atoms. The molecule has 0 radical (unpaired) electrons. The number of nitriles is 2. The molecule has 146 valence electrons. The van der Waals surface area contributed by atoms with Gasteiger partial charge in [0.25, 0.3) is 0 Å². The summed E-state index contributed by atoms with van der Waals surface area (Å²) < 4.78 is 10.3. The minimum absolute atomic E-state index is 0.546. The summed E-state index contributed by atoms with van der Waals surface area (Å²) in [6, 6.07) is 26.9. The first kappa shape index (κ1) is 20.5. The zero-order valence-electron chi connectivity index (χ0n) is 16.8. The van der Waals surface area contributed by atoms with Gasteiger partial charge in [-0.25, -0.2) is 0 Å². The normalized spacial score (nSPS) is 11.3. The molecule has 0 atom stereocenters. The van der Waals surface area contributed by atoms with Crippen LogP contribution in [-0.2, 0) is 0 Å². The maximum Gasteiger partial charge on any atom is 0.118 e. The Morgan fingerprint density at radius 3 is 1.20 bits per heavy atom. The molecule has 0 aliphatic rings. The van der Waals surface area contributed by atoms with Gasteiger partial charge in [-0.15, -0.1) is 0 Å². The number of rotatable bonds is 6. The quantitative estimate of drug-likeness (QED) is 0.391. The van der Waals surface area contributed by atoms with Crippen LogP contribution >= 0.6 is 0 Å². The van der Waals surface area contributed by atoms with Crippen molar-refractivity contribution in [1.29, 1.82) is 10.5 Å². The number of hydrogen-bond donors (Lipinski definition) is 0. The van der Waals surface area contributed by atoms with Gasteiger partial charge in [-0.3, -0.25) is 0 Å². The van der Waals surface area contributed by atoms with Crippen LogP contribution in [0.5, 0.6) is 11.5 Å². The summed E-state index contributed by atoms with van der Waals surface area (Å²) in [5.74, 6) is 1.53. The van der Waals surface area contributed by atoms with Crippen LogP contribution in [0.2, 0.25) is 0 Å². The molecule has 0 unspecified atom stereocenters. The Balaban J connectivity index is 1.85. The van der Waals surface area contributed by atoms with E-state index in [1.165, 1.54) is 0 Å². The van der Waals surface area contributed by atoms with E-state index in [0.717, 1.165) is 33.8 Å². The van der Waals surface area contributed by atoms with Gasteiger partial charge < -0.3 is 9.47 Å². The van der Waals surface area contributed by atoms with Gasteiger partial charge in [0.2, 0.25) is 0 Å². The van der Waals surface area contributed by atoms with Crippen LogP contribution < -0.4 is 9.47 Å². The van der Waals surface area contributed by atoms with Crippen LogP contribution in [0, 0.1) is 22.7 Å². The van der Waals surface area contributed by atoms with Gasteiger partial charge in [0.05, 0.1) is 37.5 Å². The van der Waals surface area contributed by atoms with Crippen LogP contribution in [0.1, 0.15) is 22.3 Å². The largest absolute Gasteiger partial charge is 0.497 e. The van der Waals surface area contributed by atoms with Gasteiger partial charge >= 0.3 is 0 Å². The number of allylic oxidation sites excluding steroid dienone is 2. The second kappa shape index (κ2) is 9.78. The first-order valence-electron chi connectivity index (χ1n) is 9.29. The van der Waals surface area contributed by atoms with Crippen LogP contribution in [0.4, 0.5) is 0 Å². The SMILES string of the molecule is COc1ccc(/C=C(\C#N)c2ccc(/C(C#N)=C/c3ccc(OC)cc3)cc2)cc1. The van der Waals surface area contributed by atoms with E-state index in [2.05, 4.69) is 12.1 Å². The van der Waals surface area contributed by atoms with Gasteiger partial charge in [-0.1, -0.05) is 48.5 Å². The zero-order chi connectivity index (χ0) is 21.3. The molecule has 3 aromatic carbocycles. The lowest BCUT2D eigenvalue weighted by Gasteiger charge is -2.05. The second-order valence-corrected chi connectivity index (χ2v) is 6.46. The van der Waals surface area contributed by atoms with E-state index in [4.69, 9.17) is 9.47 Å². The number of nitrogens with zero attached hydrogens (tertiary/aromatic N) is 2. The molecule has 0 bridgehead atoms. The van der Waals surface area contributed by atoms with E-state index >= 15 is 0 Å². The fourth-order valence-electron chi connectivity index (χ4n) is 2.92. The Bertz CT molecular complexity index is 1050. The van der Waals surface area contributed by atoms with E-state index in [9.17, 15) is 10.5 Å². The van der Waals surface area contributed by atoms with E-state index in [0.29, 0.717) is 11.1 Å². The molecule has 0 aromatic heterocycles. The van der Waals surface area contributed by atoms with E-state index in [1.807, 2.05) is 84.9 Å². The molecule has 0 fully saturated rings. The standard InChI is InChI=1S/C26H20N2O2/c1-29-25-11-3-19(4-12-25)15-23(17-27)21-7-9-22(10-8-21)24(18-28)16-20-5-13-26(30-2)14-6-20/h3-16H,1-2H3/b23-15+,24-16+. The number of ether oxygens (including phenoxy) is 2.